The molecule has 1 N–H and O–H groups in total. The predicted octanol–water partition coefficient (Wildman–Crippen LogP) is 1.27. The average Bonchev–Trinajstić information content (AvgIpc) is 2.17. The first kappa shape index (κ1) is 8.70. The number of aromatic amines is 1. The van der Waals surface area contributed by atoms with E-state index in [9.17, 15) is 0 Å². The Morgan fingerprint density at radius 3 is 3.08 bits per heavy atom. The molecule has 1 aliphatic heterocycles. The third kappa shape index (κ3) is 1.73. The molecular weight excluding hydrogens is 160 g/mol. The van der Waals surface area contributed by atoms with Gasteiger partial charge in [-0.1, -0.05) is 0 Å². The first-order valence-electron chi connectivity index (χ1n) is 5.00. The molecule has 0 saturated heterocycles. The van der Waals surface area contributed by atoms with Crippen LogP contribution < -0.4 is 4.98 Å². The molecule has 0 saturated carbocycles. The van der Waals surface area contributed by atoms with Crippen molar-refractivity contribution >= 4 is 0 Å². The molecule has 0 aromatic carbocycles. The molecule has 1 aliphatic rings. The maximum absolute atomic E-state index is 3.32. The van der Waals surface area contributed by atoms with Gasteiger partial charge in [-0.25, -0.2) is 4.98 Å². The van der Waals surface area contributed by atoms with Crippen LogP contribution in [-0.4, -0.2) is 17.5 Å². The van der Waals surface area contributed by atoms with E-state index >= 15 is 0 Å². The lowest BCUT2D eigenvalue weighted by Crippen LogP contribution is -2.38. The fraction of sp³-hybridized carbons (Fsp3) is 0.545. The molecule has 1 aromatic heterocycles. The van der Waals surface area contributed by atoms with E-state index in [0.29, 0.717) is 6.04 Å². The van der Waals surface area contributed by atoms with Gasteiger partial charge >= 0.3 is 0 Å². The molecule has 0 amide bonds. The van der Waals surface area contributed by atoms with Crippen molar-refractivity contribution in [2.24, 2.45) is 0 Å². The largest absolute Gasteiger partial charge is 0.296 e. The van der Waals surface area contributed by atoms with Crippen LogP contribution in [0.25, 0.3) is 0 Å². The van der Waals surface area contributed by atoms with Gasteiger partial charge < -0.3 is 0 Å². The van der Waals surface area contributed by atoms with E-state index in [1.54, 1.807) is 0 Å². The minimum absolute atomic E-state index is 0.661. The van der Waals surface area contributed by atoms with E-state index < -0.39 is 0 Å². The van der Waals surface area contributed by atoms with Crippen LogP contribution in [0, 0.1) is 0 Å². The Labute approximate surface area is 79.6 Å². The Kier molecular flexibility index (Phi) is 2.32. The Bertz CT molecular complexity index is 294. The van der Waals surface area contributed by atoms with Crippen molar-refractivity contribution in [1.82, 2.24) is 4.90 Å². The number of nitrogens with zero attached hydrogens (tertiary/aromatic N) is 1. The standard InChI is InChI=1S/C11H16N2/c1-9(2)13-7-5-11-10(8-13)4-3-6-12-11/h3-4,6,9H,5,7-8H2,1-2H3/p+1. The summed E-state index contributed by atoms with van der Waals surface area (Å²) in [6.45, 7) is 6.81. The van der Waals surface area contributed by atoms with E-state index in [0.717, 1.165) is 13.0 Å². The van der Waals surface area contributed by atoms with Crippen LogP contribution in [0.1, 0.15) is 25.1 Å². The quantitative estimate of drug-likeness (QED) is 0.631. The topological polar surface area (TPSA) is 17.4 Å². The molecule has 0 bridgehead atoms. The molecule has 2 rings (SSSR count). The second-order valence-corrected chi connectivity index (χ2v) is 3.99. The van der Waals surface area contributed by atoms with Gasteiger partial charge in [0, 0.05) is 37.2 Å². The van der Waals surface area contributed by atoms with E-state index in [-0.39, 0.29) is 0 Å². The molecule has 70 valence electrons. The van der Waals surface area contributed by atoms with Gasteiger partial charge in [-0.2, -0.15) is 0 Å². The van der Waals surface area contributed by atoms with Gasteiger partial charge in [0.05, 0.1) is 0 Å². The molecule has 2 nitrogen and oxygen atoms in total. The Hall–Kier alpha value is -0.890. The van der Waals surface area contributed by atoms with E-state index in [1.807, 2.05) is 6.20 Å². The van der Waals surface area contributed by atoms with Crippen LogP contribution in [0.4, 0.5) is 0 Å². The van der Waals surface area contributed by atoms with E-state index in [1.165, 1.54) is 17.8 Å². The minimum Gasteiger partial charge on any atom is -0.296 e. The average molecular weight is 177 g/mol. The number of hydrogen-bond donors (Lipinski definition) is 0. The van der Waals surface area contributed by atoms with Gasteiger partial charge in [0.1, 0.15) is 0 Å². The predicted molar refractivity (Wildman–Crippen MR) is 52.2 cm³/mol. The van der Waals surface area contributed by atoms with Crippen molar-refractivity contribution in [3.8, 4) is 0 Å². The smallest absolute Gasteiger partial charge is 0.185 e. The molecule has 13 heavy (non-hydrogen) atoms. The lowest BCUT2D eigenvalue weighted by atomic mass is 10.0. The lowest BCUT2D eigenvalue weighted by Gasteiger charge is -2.29. The third-order valence-electron chi connectivity index (χ3n) is 2.79. The van der Waals surface area contributed by atoms with Crippen LogP contribution in [0.2, 0.25) is 0 Å². The van der Waals surface area contributed by atoms with Gasteiger partial charge in [-0.3, -0.25) is 4.90 Å². The summed E-state index contributed by atoms with van der Waals surface area (Å²) in [5.41, 5.74) is 2.88. The number of hydrogen-bond acceptors (Lipinski definition) is 1. The highest BCUT2D eigenvalue weighted by molar-refractivity contribution is 5.18. The first-order chi connectivity index (χ1) is 6.27. The Balaban J connectivity index is 2.20. The zero-order valence-electron chi connectivity index (χ0n) is 8.38. The van der Waals surface area contributed by atoms with Crippen molar-refractivity contribution < 1.29 is 4.98 Å². The monoisotopic (exact) mass is 177 g/mol. The van der Waals surface area contributed by atoms with Gasteiger partial charge in [0.2, 0.25) is 0 Å². The lowest BCUT2D eigenvalue weighted by molar-refractivity contribution is -0.392. The highest BCUT2D eigenvalue weighted by Crippen LogP contribution is 2.16. The SMILES string of the molecule is CC(C)N1CCc2[nH+]cccc2C1. The fourth-order valence-electron chi connectivity index (χ4n) is 1.88. The maximum Gasteiger partial charge on any atom is 0.185 e. The molecule has 2 heterocycles. The fourth-order valence-corrected chi connectivity index (χ4v) is 1.88. The highest BCUT2D eigenvalue weighted by Gasteiger charge is 2.21. The third-order valence-corrected chi connectivity index (χ3v) is 2.79. The Morgan fingerprint density at radius 1 is 1.46 bits per heavy atom. The second-order valence-electron chi connectivity index (χ2n) is 3.99. The summed E-state index contributed by atoms with van der Waals surface area (Å²) in [5, 5.41) is 0. The van der Waals surface area contributed by atoms with Crippen LogP contribution in [0.5, 0.6) is 0 Å². The normalized spacial score (nSPS) is 17.5. The Morgan fingerprint density at radius 2 is 2.31 bits per heavy atom. The summed E-state index contributed by atoms with van der Waals surface area (Å²) < 4.78 is 0. The number of pyridine rings is 1. The number of nitrogens with one attached hydrogen (secondary N) is 1. The van der Waals surface area contributed by atoms with E-state index in [4.69, 9.17) is 0 Å². The van der Waals surface area contributed by atoms with Crippen molar-refractivity contribution in [2.75, 3.05) is 6.54 Å². The summed E-state index contributed by atoms with van der Waals surface area (Å²) in [6.07, 6.45) is 3.18. The maximum atomic E-state index is 3.32. The van der Waals surface area contributed by atoms with Crippen LogP contribution in [0.3, 0.4) is 0 Å². The number of fused-ring (bicyclic) bond motifs is 1. The zero-order valence-corrected chi connectivity index (χ0v) is 8.38. The second kappa shape index (κ2) is 3.46. The first-order valence-corrected chi connectivity index (χ1v) is 5.00. The van der Waals surface area contributed by atoms with Crippen molar-refractivity contribution in [2.45, 2.75) is 32.9 Å². The summed E-state index contributed by atoms with van der Waals surface area (Å²) in [6, 6.07) is 4.97. The number of H-pyrrole nitrogens is 1. The number of rotatable bonds is 1. The molecule has 2 heteroatoms. The van der Waals surface area contributed by atoms with Crippen molar-refractivity contribution in [1.29, 1.82) is 0 Å². The van der Waals surface area contributed by atoms with Gasteiger partial charge in [-0.05, 0) is 19.9 Å². The number of aromatic nitrogens is 1. The minimum atomic E-state index is 0.661. The molecule has 0 spiro atoms. The van der Waals surface area contributed by atoms with Crippen LogP contribution in [0.15, 0.2) is 18.3 Å². The van der Waals surface area contributed by atoms with Crippen molar-refractivity contribution in [3.63, 3.8) is 0 Å². The summed E-state index contributed by atoms with van der Waals surface area (Å²) in [7, 11) is 0. The van der Waals surface area contributed by atoms with Crippen molar-refractivity contribution in [3.05, 3.63) is 29.6 Å². The summed E-state index contributed by atoms with van der Waals surface area (Å²) in [4.78, 5) is 5.83. The molecule has 0 fully saturated rings. The van der Waals surface area contributed by atoms with Gasteiger partial charge in [-0.15, -0.1) is 0 Å². The molecular formula is C11H17N2+. The summed E-state index contributed by atoms with van der Waals surface area (Å²) in [5.74, 6) is 0. The van der Waals surface area contributed by atoms with Crippen LogP contribution >= 0.6 is 0 Å². The zero-order chi connectivity index (χ0) is 9.26. The van der Waals surface area contributed by atoms with Crippen LogP contribution in [-0.2, 0) is 13.0 Å². The molecule has 0 atom stereocenters. The molecule has 0 radical (unpaired) electrons. The summed E-state index contributed by atoms with van der Waals surface area (Å²) >= 11 is 0. The molecule has 0 aliphatic carbocycles. The van der Waals surface area contributed by atoms with E-state index in [2.05, 4.69) is 35.9 Å². The van der Waals surface area contributed by atoms with Gasteiger partial charge in [0.25, 0.3) is 0 Å². The highest BCUT2D eigenvalue weighted by atomic mass is 15.1. The molecule has 1 aromatic rings. The van der Waals surface area contributed by atoms with Gasteiger partial charge in [0.15, 0.2) is 11.9 Å². The molecule has 0 unspecified atom stereocenters.